The van der Waals surface area contributed by atoms with Crippen molar-refractivity contribution in [1.82, 2.24) is 14.3 Å². The van der Waals surface area contributed by atoms with Gasteiger partial charge >= 0.3 is 0 Å². The van der Waals surface area contributed by atoms with Crippen LogP contribution in [-0.2, 0) is 10.0 Å². The number of hydrogen-bond acceptors (Lipinski definition) is 5. The Kier molecular flexibility index (Phi) is 4.19. The van der Waals surface area contributed by atoms with Gasteiger partial charge in [-0.25, -0.2) is 17.7 Å². The highest BCUT2D eigenvalue weighted by atomic mass is 32.2. The van der Waals surface area contributed by atoms with Crippen LogP contribution < -0.4 is 11.1 Å². The van der Waals surface area contributed by atoms with Crippen molar-refractivity contribution in [3.63, 3.8) is 0 Å². The second-order valence-corrected chi connectivity index (χ2v) is 7.03. The van der Waals surface area contributed by atoms with Crippen molar-refractivity contribution in [3.05, 3.63) is 36.4 Å². The summed E-state index contributed by atoms with van der Waals surface area (Å²) in [5.74, 6) is 0.746. The van der Waals surface area contributed by atoms with Crippen LogP contribution in [-0.4, -0.2) is 36.8 Å². The summed E-state index contributed by atoms with van der Waals surface area (Å²) in [5.41, 5.74) is 6.94. The van der Waals surface area contributed by atoms with Crippen LogP contribution in [0.2, 0.25) is 0 Å². The molecule has 1 atom stereocenters. The van der Waals surface area contributed by atoms with E-state index in [2.05, 4.69) is 15.3 Å². The monoisotopic (exact) mass is 309 g/mol. The maximum absolute atomic E-state index is 12.1. The molecule has 0 amide bonds. The number of imidazole rings is 1. The molecule has 0 aliphatic heterocycles. The molecule has 8 heteroatoms. The van der Waals surface area contributed by atoms with Gasteiger partial charge in [0.15, 0.2) is 0 Å². The Morgan fingerprint density at radius 3 is 2.67 bits per heavy atom. The van der Waals surface area contributed by atoms with E-state index in [1.54, 1.807) is 18.5 Å². The van der Waals surface area contributed by atoms with E-state index in [1.807, 2.05) is 6.92 Å². The van der Waals surface area contributed by atoms with Crippen molar-refractivity contribution >= 4 is 21.4 Å². The molecule has 1 aromatic heterocycles. The lowest BCUT2D eigenvalue weighted by Gasteiger charge is -2.17. The zero-order chi connectivity index (χ0) is 15.6. The Balaban J connectivity index is 2.32. The van der Waals surface area contributed by atoms with Crippen molar-refractivity contribution in [3.8, 4) is 0 Å². The van der Waals surface area contributed by atoms with Gasteiger partial charge in [-0.05, 0) is 25.1 Å². The molecule has 4 N–H and O–H groups in total. The van der Waals surface area contributed by atoms with E-state index >= 15 is 0 Å². The Morgan fingerprint density at radius 2 is 2.10 bits per heavy atom. The van der Waals surface area contributed by atoms with Crippen molar-refractivity contribution in [1.29, 1.82) is 0 Å². The molecule has 0 radical (unpaired) electrons. The molecule has 7 nitrogen and oxygen atoms in total. The summed E-state index contributed by atoms with van der Waals surface area (Å²) in [6.45, 7) is 1.91. The fraction of sp³-hybridized carbons (Fsp3) is 0.308. The number of nitrogens with zero attached hydrogens (tertiary/aromatic N) is 2. The lowest BCUT2D eigenvalue weighted by molar-refractivity contribution is 0.521. The van der Waals surface area contributed by atoms with Gasteiger partial charge in [-0.1, -0.05) is 0 Å². The minimum Gasteiger partial charge on any atom is -0.397 e. The van der Waals surface area contributed by atoms with Crippen LogP contribution in [0.5, 0.6) is 0 Å². The molecule has 0 bridgehead atoms. The van der Waals surface area contributed by atoms with Crippen LogP contribution in [0.3, 0.4) is 0 Å². The smallest absolute Gasteiger partial charge is 0.242 e. The number of hydrogen-bond donors (Lipinski definition) is 3. The molecule has 0 spiro atoms. The second-order valence-electron chi connectivity index (χ2n) is 4.88. The van der Waals surface area contributed by atoms with Crippen LogP contribution in [0, 0.1) is 0 Å². The molecule has 2 rings (SSSR count). The molecule has 21 heavy (non-hydrogen) atoms. The lowest BCUT2D eigenvalue weighted by atomic mass is 10.2. The highest BCUT2D eigenvalue weighted by molar-refractivity contribution is 7.89. The van der Waals surface area contributed by atoms with E-state index in [4.69, 9.17) is 5.73 Å². The van der Waals surface area contributed by atoms with Gasteiger partial charge in [-0.15, -0.1) is 0 Å². The third-order valence-corrected chi connectivity index (χ3v) is 4.92. The topological polar surface area (TPSA) is 104 Å². The Morgan fingerprint density at radius 1 is 1.38 bits per heavy atom. The van der Waals surface area contributed by atoms with E-state index in [9.17, 15) is 8.42 Å². The fourth-order valence-electron chi connectivity index (χ4n) is 1.85. The number of aromatic amines is 1. The minimum absolute atomic E-state index is 0.125. The first kappa shape index (κ1) is 15.3. The van der Waals surface area contributed by atoms with Gasteiger partial charge in [0.25, 0.3) is 0 Å². The van der Waals surface area contributed by atoms with Crippen LogP contribution in [0.1, 0.15) is 18.8 Å². The summed E-state index contributed by atoms with van der Waals surface area (Å²) in [5, 5.41) is 3.16. The van der Waals surface area contributed by atoms with E-state index in [1.165, 1.54) is 26.2 Å². The Bertz CT molecular complexity index is 710. The first-order valence-electron chi connectivity index (χ1n) is 6.40. The molecule has 1 aromatic carbocycles. The Hall–Kier alpha value is -2.06. The van der Waals surface area contributed by atoms with Crippen molar-refractivity contribution in [2.24, 2.45) is 0 Å². The molecular weight excluding hydrogens is 290 g/mol. The van der Waals surface area contributed by atoms with Crippen LogP contribution in [0.25, 0.3) is 0 Å². The number of nitrogen functional groups attached to an aromatic ring is 1. The summed E-state index contributed by atoms with van der Waals surface area (Å²) < 4.78 is 25.5. The number of nitrogens with one attached hydrogen (secondary N) is 2. The van der Waals surface area contributed by atoms with Crippen molar-refractivity contribution < 1.29 is 8.42 Å². The van der Waals surface area contributed by atoms with Gasteiger partial charge in [-0.2, -0.15) is 0 Å². The van der Waals surface area contributed by atoms with Crippen LogP contribution in [0.4, 0.5) is 11.4 Å². The van der Waals surface area contributed by atoms with E-state index < -0.39 is 10.0 Å². The largest absolute Gasteiger partial charge is 0.397 e. The number of nitrogens with two attached hydrogens (primary N) is 1. The summed E-state index contributed by atoms with van der Waals surface area (Å²) in [7, 11) is -0.511. The third kappa shape index (κ3) is 3.17. The average Bonchev–Trinajstić information content (AvgIpc) is 2.94. The first-order chi connectivity index (χ1) is 9.82. The predicted molar refractivity (Wildman–Crippen MR) is 82.4 cm³/mol. The number of anilines is 2. The standard InChI is InChI=1S/C13H19N5O2S/c1-9(13-15-6-7-16-13)17-12-8-10(4-5-11(12)14)21(19,20)18(2)3/h4-9,17H,14H2,1-3H3,(H,15,16). The molecule has 0 aliphatic carbocycles. The molecule has 114 valence electrons. The summed E-state index contributed by atoms with van der Waals surface area (Å²) in [6, 6.07) is 4.48. The molecular formula is C13H19N5O2S. The highest BCUT2D eigenvalue weighted by Crippen LogP contribution is 2.27. The quantitative estimate of drug-likeness (QED) is 0.725. The van der Waals surface area contributed by atoms with Gasteiger partial charge < -0.3 is 16.0 Å². The molecule has 0 fully saturated rings. The van der Waals surface area contributed by atoms with Gasteiger partial charge in [0.05, 0.1) is 22.3 Å². The van der Waals surface area contributed by atoms with Gasteiger partial charge in [0.1, 0.15) is 5.82 Å². The normalized spacial score (nSPS) is 13.3. The summed E-state index contributed by atoms with van der Waals surface area (Å²) >= 11 is 0. The zero-order valence-electron chi connectivity index (χ0n) is 12.2. The second kappa shape index (κ2) is 5.74. The number of rotatable bonds is 5. The van der Waals surface area contributed by atoms with Crippen molar-refractivity contribution in [2.75, 3.05) is 25.1 Å². The first-order valence-corrected chi connectivity index (χ1v) is 7.84. The van der Waals surface area contributed by atoms with Crippen LogP contribution >= 0.6 is 0 Å². The van der Waals surface area contributed by atoms with Crippen molar-refractivity contribution in [2.45, 2.75) is 17.9 Å². The molecule has 0 aliphatic rings. The number of sulfonamides is 1. The van der Waals surface area contributed by atoms with Crippen LogP contribution in [0.15, 0.2) is 35.5 Å². The summed E-state index contributed by atoms with van der Waals surface area (Å²) in [6.07, 6.45) is 3.38. The predicted octanol–water partition coefficient (Wildman–Crippen LogP) is 1.42. The van der Waals surface area contributed by atoms with E-state index in [-0.39, 0.29) is 10.9 Å². The molecule has 0 saturated carbocycles. The summed E-state index contributed by atoms with van der Waals surface area (Å²) in [4.78, 5) is 7.35. The average molecular weight is 309 g/mol. The molecule has 1 heterocycles. The van der Waals surface area contributed by atoms with E-state index in [0.29, 0.717) is 11.4 Å². The minimum atomic E-state index is -3.49. The fourth-order valence-corrected chi connectivity index (χ4v) is 2.78. The highest BCUT2D eigenvalue weighted by Gasteiger charge is 2.19. The molecule has 2 aromatic rings. The maximum Gasteiger partial charge on any atom is 0.242 e. The zero-order valence-corrected chi connectivity index (χ0v) is 13.0. The third-order valence-electron chi connectivity index (χ3n) is 3.10. The molecule has 0 saturated heterocycles. The number of benzene rings is 1. The van der Waals surface area contributed by atoms with Gasteiger partial charge in [-0.3, -0.25) is 0 Å². The number of H-pyrrole nitrogens is 1. The lowest BCUT2D eigenvalue weighted by Crippen LogP contribution is -2.22. The SMILES string of the molecule is CC(Nc1cc(S(=O)(=O)N(C)C)ccc1N)c1ncc[nH]1. The Labute approximate surface area is 124 Å². The maximum atomic E-state index is 12.1. The van der Waals surface area contributed by atoms with Gasteiger partial charge in [0.2, 0.25) is 10.0 Å². The number of aromatic nitrogens is 2. The van der Waals surface area contributed by atoms with Gasteiger partial charge in [0, 0.05) is 26.5 Å². The molecule has 1 unspecified atom stereocenters. The van der Waals surface area contributed by atoms with E-state index in [0.717, 1.165) is 10.1 Å².